The van der Waals surface area contributed by atoms with Crippen LogP contribution in [0.2, 0.25) is 5.02 Å². The van der Waals surface area contributed by atoms with E-state index >= 15 is 0 Å². The van der Waals surface area contributed by atoms with Gasteiger partial charge in [0, 0.05) is 10.6 Å². The van der Waals surface area contributed by atoms with E-state index in [0.29, 0.717) is 23.1 Å². The Morgan fingerprint density at radius 3 is 2.55 bits per heavy atom. The molecule has 1 N–H and O–H groups in total. The first kappa shape index (κ1) is 20.4. The molecule has 5 nitrogen and oxygen atoms in total. The van der Waals surface area contributed by atoms with E-state index in [4.69, 9.17) is 21.1 Å². The van der Waals surface area contributed by atoms with Gasteiger partial charge in [-0.25, -0.2) is 5.43 Å². The SMILES string of the molecule is Cc1cc(Cl)ccc1OCC(=O)N/N=C/c1ccccc1OCc1ccccc1. The fourth-order valence-corrected chi connectivity index (χ4v) is 2.80. The number of carbonyl (C=O) groups excluding carboxylic acids is 1. The number of rotatable bonds is 8. The van der Waals surface area contributed by atoms with E-state index in [9.17, 15) is 4.79 Å². The lowest BCUT2D eigenvalue weighted by atomic mass is 10.2. The van der Waals surface area contributed by atoms with Gasteiger partial charge in [-0.1, -0.05) is 54.1 Å². The molecule has 0 unspecified atom stereocenters. The summed E-state index contributed by atoms with van der Waals surface area (Å²) in [6, 6.07) is 22.6. The topological polar surface area (TPSA) is 59.9 Å². The highest BCUT2D eigenvalue weighted by atomic mass is 35.5. The van der Waals surface area contributed by atoms with Crippen molar-refractivity contribution in [3.8, 4) is 11.5 Å². The average molecular weight is 409 g/mol. The highest BCUT2D eigenvalue weighted by molar-refractivity contribution is 6.30. The lowest BCUT2D eigenvalue weighted by Gasteiger charge is -2.09. The number of hydrogen-bond acceptors (Lipinski definition) is 4. The van der Waals surface area contributed by atoms with Crippen LogP contribution >= 0.6 is 11.6 Å². The third-order valence-corrected chi connectivity index (χ3v) is 4.28. The number of aryl methyl sites for hydroxylation is 1. The lowest BCUT2D eigenvalue weighted by molar-refractivity contribution is -0.123. The van der Waals surface area contributed by atoms with Crippen molar-refractivity contribution >= 4 is 23.7 Å². The number of hydrogen-bond donors (Lipinski definition) is 1. The zero-order valence-corrected chi connectivity index (χ0v) is 16.7. The third-order valence-electron chi connectivity index (χ3n) is 4.04. The van der Waals surface area contributed by atoms with Gasteiger partial charge in [0.2, 0.25) is 0 Å². The number of hydrazone groups is 1. The van der Waals surface area contributed by atoms with Crippen molar-refractivity contribution in [1.29, 1.82) is 0 Å². The minimum absolute atomic E-state index is 0.147. The van der Waals surface area contributed by atoms with Gasteiger partial charge in [-0.05, 0) is 48.4 Å². The summed E-state index contributed by atoms with van der Waals surface area (Å²) in [7, 11) is 0. The van der Waals surface area contributed by atoms with Gasteiger partial charge in [0.15, 0.2) is 6.61 Å². The number of para-hydroxylation sites is 1. The van der Waals surface area contributed by atoms with Crippen molar-refractivity contribution < 1.29 is 14.3 Å². The summed E-state index contributed by atoms with van der Waals surface area (Å²) < 4.78 is 11.4. The fraction of sp³-hybridized carbons (Fsp3) is 0.130. The van der Waals surface area contributed by atoms with Crippen LogP contribution in [0.1, 0.15) is 16.7 Å². The van der Waals surface area contributed by atoms with E-state index in [1.165, 1.54) is 0 Å². The predicted octanol–water partition coefficient (Wildman–Crippen LogP) is 4.76. The Bertz CT molecular complexity index is 990. The van der Waals surface area contributed by atoms with Gasteiger partial charge in [0.1, 0.15) is 18.1 Å². The highest BCUT2D eigenvalue weighted by Crippen LogP contribution is 2.21. The largest absolute Gasteiger partial charge is 0.488 e. The third kappa shape index (κ3) is 6.36. The van der Waals surface area contributed by atoms with Crippen LogP contribution in [-0.4, -0.2) is 18.7 Å². The fourth-order valence-electron chi connectivity index (χ4n) is 2.58. The molecule has 0 bridgehead atoms. The highest BCUT2D eigenvalue weighted by Gasteiger charge is 2.05. The van der Waals surface area contributed by atoms with Crippen LogP contribution in [0.25, 0.3) is 0 Å². The number of halogens is 1. The summed E-state index contributed by atoms with van der Waals surface area (Å²) in [5.74, 6) is 0.925. The molecule has 0 saturated heterocycles. The Labute approximate surface area is 174 Å². The van der Waals surface area contributed by atoms with E-state index in [1.54, 1.807) is 24.4 Å². The summed E-state index contributed by atoms with van der Waals surface area (Å²) in [5.41, 5.74) is 5.15. The van der Waals surface area contributed by atoms with Crippen LogP contribution < -0.4 is 14.9 Å². The van der Waals surface area contributed by atoms with Crippen LogP contribution in [0.3, 0.4) is 0 Å². The summed E-state index contributed by atoms with van der Waals surface area (Å²) in [6.45, 7) is 2.17. The maximum absolute atomic E-state index is 12.0. The molecule has 0 fully saturated rings. The molecule has 1 amide bonds. The zero-order chi connectivity index (χ0) is 20.5. The second-order valence-corrected chi connectivity index (χ2v) is 6.74. The molecule has 6 heteroatoms. The molecule has 3 aromatic carbocycles. The normalized spacial score (nSPS) is 10.7. The molecule has 3 rings (SSSR count). The number of ether oxygens (including phenoxy) is 2. The molecule has 29 heavy (non-hydrogen) atoms. The van der Waals surface area contributed by atoms with E-state index < -0.39 is 0 Å². The summed E-state index contributed by atoms with van der Waals surface area (Å²) in [4.78, 5) is 12.0. The van der Waals surface area contributed by atoms with Crippen LogP contribution in [0.4, 0.5) is 0 Å². The van der Waals surface area contributed by atoms with E-state index in [1.807, 2.05) is 61.5 Å². The van der Waals surface area contributed by atoms with Gasteiger partial charge < -0.3 is 9.47 Å². The smallest absolute Gasteiger partial charge is 0.277 e. The number of nitrogens with one attached hydrogen (secondary N) is 1. The average Bonchev–Trinajstić information content (AvgIpc) is 2.73. The van der Waals surface area contributed by atoms with Gasteiger partial charge in [0.05, 0.1) is 6.21 Å². The molecule has 0 aliphatic heterocycles. The minimum atomic E-state index is -0.363. The molecule has 0 atom stereocenters. The first-order chi connectivity index (χ1) is 14.1. The van der Waals surface area contributed by atoms with Crippen LogP contribution in [0.15, 0.2) is 77.9 Å². The first-order valence-corrected chi connectivity index (χ1v) is 9.46. The molecule has 0 saturated carbocycles. The van der Waals surface area contributed by atoms with Crippen LogP contribution in [0, 0.1) is 6.92 Å². The van der Waals surface area contributed by atoms with Crippen LogP contribution in [0.5, 0.6) is 11.5 Å². The van der Waals surface area contributed by atoms with Gasteiger partial charge in [-0.3, -0.25) is 4.79 Å². The number of nitrogens with zero attached hydrogens (tertiary/aromatic N) is 1. The van der Waals surface area contributed by atoms with Crippen LogP contribution in [-0.2, 0) is 11.4 Å². The maximum atomic E-state index is 12.0. The van der Waals surface area contributed by atoms with Crippen molar-refractivity contribution in [2.24, 2.45) is 5.10 Å². The van der Waals surface area contributed by atoms with Crippen molar-refractivity contribution in [2.45, 2.75) is 13.5 Å². The molecule has 0 radical (unpaired) electrons. The van der Waals surface area contributed by atoms with Gasteiger partial charge in [-0.15, -0.1) is 0 Å². The van der Waals surface area contributed by atoms with E-state index in [2.05, 4.69) is 10.5 Å². The molecule has 148 valence electrons. The molecule has 0 aromatic heterocycles. The molecule has 0 aliphatic rings. The van der Waals surface area contributed by atoms with Crippen molar-refractivity contribution in [2.75, 3.05) is 6.61 Å². The Morgan fingerprint density at radius 1 is 1.00 bits per heavy atom. The molecule has 0 heterocycles. The Kier molecular flexibility index (Phi) is 7.25. The van der Waals surface area contributed by atoms with Gasteiger partial charge >= 0.3 is 0 Å². The molecular weight excluding hydrogens is 388 g/mol. The van der Waals surface area contributed by atoms with Gasteiger partial charge in [-0.2, -0.15) is 5.10 Å². The summed E-state index contributed by atoms with van der Waals surface area (Å²) in [5, 5.41) is 4.62. The second-order valence-electron chi connectivity index (χ2n) is 6.30. The molecule has 0 spiro atoms. The number of benzene rings is 3. The molecule has 3 aromatic rings. The molecular formula is C23H21ClN2O3. The Hall–Kier alpha value is -3.31. The van der Waals surface area contributed by atoms with Crippen molar-refractivity contribution in [1.82, 2.24) is 5.43 Å². The molecule has 0 aliphatic carbocycles. The predicted molar refractivity (Wildman–Crippen MR) is 115 cm³/mol. The van der Waals surface area contributed by atoms with Gasteiger partial charge in [0.25, 0.3) is 5.91 Å². The standard InChI is InChI=1S/C23H21ClN2O3/c1-17-13-20(24)11-12-21(17)29-16-23(27)26-25-14-19-9-5-6-10-22(19)28-15-18-7-3-2-4-8-18/h2-14H,15-16H2,1H3,(H,26,27)/b25-14+. The quantitative estimate of drug-likeness (QED) is 0.432. The Morgan fingerprint density at radius 2 is 1.76 bits per heavy atom. The van der Waals surface area contributed by atoms with E-state index in [0.717, 1.165) is 16.7 Å². The summed E-state index contributed by atoms with van der Waals surface area (Å²) >= 11 is 5.91. The van der Waals surface area contributed by atoms with Crippen molar-refractivity contribution in [3.05, 3.63) is 94.5 Å². The van der Waals surface area contributed by atoms with Crippen molar-refractivity contribution in [3.63, 3.8) is 0 Å². The minimum Gasteiger partial charge on any atom is -0.488 e. The monoisotopic (exact) mass is 408 g/mol. The first-order valence-electron chi connectivity index (χ1n) is 9.08. The Balaban J connectivity index is 1.52. The lowest BCUT2D eigenvalue weighted by Crippen LogP contribution is -2.24. The van der Waals surface area contributed by atoms with E-state index in [-0.39, 0.29) is 12.5 Å². The zero-order valence-electron chi connectivity index (χ0n) is 16.0. The maximum Gasteiger partial charge on any atom is 0.277 e. The second kappa shape index (κ2) is 10.3. The number of amides is 1. The summed E-state index contributed by atoms with van der Waals surface area (Å²) in [6.07, 6.45) is 1.55. The number of carbonyl (C=O) groups is 1.